The fourth-order valence-electron chi connectivity index (χ4n) is 3.17. The van der Waals surface area contributed by atoms with Gasteiger partial charge >= 0.3 is 0 Å². The Morgan fingerprint density at radius 3 is 2.93 bits per heavy atom. The smallest absolute Gasteiger partial charge is 0.191 e. The maximum absolute atomic E-state index is 6.07. The molecule has 6 nitrogen and oxygen atoms in total. The normalized spacial score (nSPS) is 16.2. The van der Waals surface area contributed by atoms with Crippen LogP contribution in [0, 0.1) is 6.92 Å². The first-order valence-corrected chi connectivity index (χ1v) is 9.92. The molecule has 2 aromatic rings. The van der Waals surface area contributed by atoms with Crippen LogP contribution in [0.25, 0.3) is 0 Å². The molecule has 1 fully saturated rings. The van der Waals surface area contributed by atoms with Crippen LogP contribution in [0.15, 0.2) is 47.7 Å². The number of nitrogens with one attached hydrogen (secondary N) is 2. The highest BCUT2D eigenvalue weighted by Crippen LogP contribution is 2.22. The number of hydrogen-bond acceptors (Lipinski definition) is 4. The van der Waals surface area contributed by atoms with Crippen LogP contribution in [0.4, 0.5) is 0 Å². The van der Waals surface area contributed by atoms with Crippen molar-refractivity contribution in [1.82, 2.24) is 15.6 Å². The van der Waals surface area contributed by atoms with E-state index in [1.54, 1.807) is 13.2 Å². The molecule has 0 saturated carbocycles. The Labute approximate surface area is 190 Å². The molecule has 158 valence electrons. The van der Waals surface area contributed by atoms with Crippen LogP contribution in [-0.4, -0.2) is 43.9 Å². The van der Waals surface area contributed by atoms with Gasteiger partial charge < -0.3 is 20.1 Å². The Morgan fingerprint density at radius 1 is 1.31 bits per heavy atom. The number of aliphatic imine (C=N–C) groups is 1. The van der Waals surface area contributed by atoms with Gasteiger partial charge in [0.2, 0.25) is 0 Å². The molecule has 0 bridgehead atoms. The van der Waals surface area contributed by atoms with Gasteiger partial charge in [-0.05, 0) is 49.4 Å². The number of hydrogen-bond donors (Lipinski definition) is 2. The van der Waals surface area contributed by atoms with Crippen molar-refractivity contribution in [3.63, 3.8) is 0 Å². The van der Waals surface area contributed by atoms with Crippen molar-refractivity contribution >= 4 is 29.9 Å². The average molecular weight is 510 g/mol. The van der Waals surface area contributed by atoms with E-state index in [9.17, 15) is 0 Å². The summed E-state index contributed by atoms with van der Waals surface area (Å²) in [6.07, 6.45) is 6.99. The highest BCUT2D eigenvalue weighted by atomic mass is 127. The van der Waals surface area contributed by atoms with Gasteiger partial charge in [0.25, 0.3) is 0 Å². The van der Waals surface area contributed by atoms with Crippen molar-refractivity contribution in [2.24, 2.45) is 4.99 Å². The van der Waals surface area contributed by atoms with E-state index in [-0.39, 0.29) is 30.1 Å². The van der Waals surface area contributed by atoms with Crippen molar-refractivity contribution in [3.05, 3.63) is 59.4 Å². The van der Waals surface area contributed by atoms with Gasteiger partial charge in [0, 0.05) is 44.7 Å². The minimum Gasteiger partial charge on any atom is -0.491 e. The molecule has 7 heteroatoms. The van der Waals surface area contributed by atoms with Crippen molar-refractivity contribution in [1.29, 1.82) is 0 Å². The largest absolute Gasteiger partial charge is 0.491 e. The average Bonchev–Trinajstić information content (AvgIpc) is 3.24. The number of halogens is 1. The first-order valence-electron chi connectivity index (χ1n) is 9.92. The minimum absolute atomic E-state index is 0. The molecular weight excluding hydrogens is 479 g/mol. The summed E-state index contributed by atoms with van der Waals surface area (Å²) in [7, 11) is 1.78. The van der Waals surface area contributed by atoms with E-state index in [1.807, 2.05) is 12.3 Å². The lowest BCUT2D eigenvalue weighted by Gasteiger charge is -2.17. The van der Waals surface area contributed by atoms with E-state index in [4.69, 9.17) is 9.47 Å². The maximum atomic E-state index is 6.07. The molecule has 0 amide bonds. The highest BCUT2D eigenvalue weighted by Gasteiger charge is 2.17. The monoisotopic (exact) mass is 510 g/mol. The van der Waals surface area contributed by atoms with E-state index >= 15 is 0 Å². The van der Waals surface area contributed by atoms with Gasteiger partial charge in [-0.25, -0.2) is 0 Å². The van der Waals surface area contributed by atoms with E-state index in [0.717, 1.165) is 49.7 Å². The van der Waals surface area contributed by atoms with E-state index in [2.05, 4.69) is 51.8 Å². The third-order valence-electron chi connectivity index (χ3n) is 4.77. The second kappa shape index (κ2) is 12.6. The van der Waals surface area contributed by atoms with Gasteiger partial charge in [0.1, 0.15) is 12.4 Å². The van der Waals surface area contributed by atoms with Crippen molar-refractivity contribution in [3.8, 4) is 5.75 Å². The molecule has 2 heterocycles. The number of aromatic nitrogens is 1. The summed E-state index contributed by atoms with van der Waals surface area (Å²) in [5.41, 5.74) is 3.50. The van der Waals surface area contributed by atoms with Crippen LogP contribution >= 0.6 is 24.0 Å². The molecular formula is C22H31IN4O2. The van der Waals surface area contributed by atoms with Crippen molar-refractivity contribution < 1.29 is 9.47 Å². The third-order valence-corrected chi connectivity index (χ3v) is 4.77. The number of pyridine rings is 1. The molecule has 0 radical (unpaired) electrons. The van der Waals surface area contributed by atoms with Gasteiger partial charge in [-0.3, -0.25) is 9.98 Å². The Bertz CT molecular complexity index is 765. The summed E-state index contributed by atoms with van der Waals surface area (Å²) < 4.78 is 11.7. The maximum Gasteiger partial charge on any atom is 0.191 e. The lowest BCUT2D eigenvalue weighted by Crippen LogP contribution is -2.38. The van der Waals surface area contributed by atoms with Crippen LogP contribution in [0.3, 0.4) is 0 Å². The quantitative estimate of drug-likeness (QED) is 0.324. The molecule has 0 spiro atoms. The van der Waals surface area contributed by atoms with E-state index < -0.39 is 0 Å². The number of nitrogens with zero attached hydrogens (tertiary/aromatic N) is 2. The Hall–Kier alpha value is -1.87. The van der Waals surface area contributed by atoms with Crippen LogP contribution < -0.4 is 15.4 Å². The second-order valence-electron chi connectivity index (χ2n) is 7.02. The zero-order chi connectivity index (χ0) is 19.6. The molecule has 2 N–H and O–H groups in total. The van der Waals surface area contributed by atoms with Crippen LogP contribution in [0.1, 0.15) is 29.5 Å². The number of aryl methyl sites for hydroxylation is 1. The zero-order valence-corrected chi connectivity index (χ0v) is 19.5. The summed E-state index contributed by atoms with van der Waals surface area (Å²) in [6, 6.07) is 10.3. The summed E-state index contributed by atoms with van der Waals surface area (Å²) >= 11 is 0. The molecule has 3 rings (SSSR count). The van der Waals surface area contributed by atoms with Crippen molar-refractivity contribution in [2.45, 2.75) is 38.8 Å². The molecule has 0 aliphatic carbocycles. The van der Waals surface area contributed by atoms with Crippen LogP contribution in [0.2, 0.25) is 0 Å². The standard InChI is InChI=1S/C22H30N4O2.HI/c1-17-7-8-19(21(13-17)28-16-20-6-4-12-27-20)15-26-22(23-2)25-11-9-18-5-3-10-24-14-18;/h3,5,7-8,10,13-14,20H,4,6,9,11-12,15-16H2,1-2H3,(H2,23,25,26);1H. The SMILES string of the molecule is CN=C(NCCc1cccnc1)NCc1ccc(C)cc1OCC1CCCO1.I. The Kier molecular flexibility index (Phi) is 10.2. The topological polar surface area (TPSA) is 67.8 Å². The molecule has 1 atom stereocenters. The van der Waals surface area contributed by atoms with E-state index in [0.29, 0.717) is 13.2 Å². The lowest BCUT2D eigenvalue weighted by molar-refractivity contribution is 0.0676. The first kappa shape index (κ1) is 23.4. The zero-order valence-electron chi connectivity index (χ0n) is 17.2. The Morgan fingerprint density at radius 2 is 2.21 bits per heavy atom. The number of guanidine groups is 1. The minimum atomic E-state index is 0. The number of ether oxygens (including phenoxy) is 2. The van der Waals surface area contributed by atoms with Crippen molar-refractivity contribution in [2.75, 3.05) is 26.8 Å². The first-order chi connectivity index (χ1) is 13.7. The molecule has 1 aromatic heterocycles. The molecule has 1 unspecified atom stereocenters. The summed E-state index contributed by atoms with van der Waals surface area (Å²) in [5, 5.41) is 6.72. The van der Waals surface area contributed by atoms with Gasteiger partial charge in [0.05, 0.1) is 6.10 Å². The molecule has 1 aliphatic heterocycles. The van der Waals surface area contributed by atoms with Crippen LogP contribution in [-0.2, 0) is 17.7 Å². The fourth-order valence-corrected chi connectivity index (χ4v) is 3.17. The number of benzene rings is 1. The number of rotatable bonds is 8. The van der Waals surface area contributed by atoms with E-state index in [1.165, 1.54) is 11.1 Å². The molecule has 1 aromatic carbocycles. The third kappa shape index (κ3) is 7.81. The lowest BCUT2D eigenvalue weighted by atomic mass is 10.1. The summed E-state index contributed by atoms with van der Waals surface area (Å²) in [4.78, 5) is 8.45. The van der Waals surface area contributed by atoms with Gasteiger partial charge in [-0.2, -0.15) is 0 Å². The fraction of sp³-hybridized carbons (Fsp3) is 0.455. The molecule has 1 aliphatic rings. The molecule has 1 saturated heterocycles. The molecule has 29 heavy (non-hydrogen) atoms. The van der Waals surface area contributed by atoms with Gasteiger partial charge in [-0.15, -0.1) is 24.0 Å². The summed E-state index contributed by atoms with van der Waals surface area (Å²) in [6.45, 7) is 4.97. The second-order valence-corrected chi connectivity index (χ2v) is 7.02. The van der Waals surface area contributed by atoms with Gasteiger partial charge in [-0.1, -0.05) is 18.2 Å². The van der Waals surface area contributed by atoms with Gasteiger partial charge in [0.15, 0.2) is 5.96 Å². The summed E-state index contributed by atoms with van der Waals surface area (Å²) in [5.74, 6) is 1.68. The highest BCUT2D eigenvalue weighted by molar-refractivity contribution is 14.0. The van der Waals surface area contributed by atoms with Crippen LogP contribution in [0.5, 0.6) is 5.75 Å². The predicted octanol–water partition coefficient (Wildman–Crippen LogP) is 3.47. The predicted molar refractivity (Wildman–Crippen MR) is 127 cm³/mol. The Balaban J connectivity index is 0.00000300.